The molecule has 1 aromatic rings. The summed E-state index contributed by atoms with van der Waals surface area (Å²) in [5.74, 6) is -1.18. The highest BCUT2D eigenvalue weighted by Crippen LogP contribution is 2.24. The minimum absolute atomic E-state index is 0.210. The monoisotopic (exact) mass is 329 g/mol. The first kappa shape index (κ1) is 14.0. The van der Waals surface area contributed by atoms with Crippen molar-refractivity contribution in [3.63, 3.8) is 0 Å². The number of benzene rings is 1. The number of rotatable bonds is 2. The second-order valence-corrected chi connectivity index (χ2v) is 5.24. The summed E-state index contributed by atoms with van der Waals surface area (Å²) in [5, 5.41) is 0. The average Bonchev–Trinajstić information content (AvgIpc) is 2.86. The molecule has 1 unspecified atom stereocenters. The number of carbonyl (C=O) groups excluding carboxylic acids is 2. The van der Waals surface area contributed by atoms with E-state index in [0.29, 0.717) is 29.5 Å². The Labute approximate surface area is 118 Å². The lowest BCUT2D eigenvalue weighted by molar-refractivity contribution is -0.144. The number of carbonyl (C=O) groups is 2. The van der Waals surface area contributed by atoms with E-state index in [1.54, 1.807) is 4.90 Å². The summed E-state index contributed by atoms with van der Waals surface area (Å²) >= 11 is 3.17. The van der Waals surface area contributed by atoms with Crippen LogP contribution >= 0.6 is 15.9 Å². The summed E-state index contributed by atoms with van der Waals surface area (Å²) in [6.07, 6.45) is 0.594. The zero-order valence-electron chi connectivity index (χ0n) is 10.4. The van der Waals surface area contributed by atoms with Gasteiger partial charge in [-0.25, -0.2) is 4.39 Å². The molecule has 1 heterocycles. The zero-order chi connectivity index (χ0) is 14.0. The largest absolute Gasteiger partial charge is 0.469 e. The van der Waals surface area contributed by atoms with Gasteiger partial charge in [0, 0.05) is 17.6 Å². The van der Waals surface area contributed by atoms with Gasteiger partial charge in [-0.2, -0.15) is 0 Å². The van der Waals surface area contributed by atoms with Gasteiger partial charge in [0.15, 0.2) is 0 Å². The Balaban J connectivity index is 2.11. The number of ether oxygens (including phenoxy) is 1. The first-order chi connectivity index (χ1) is 9.02. The molecule has 1 atom stereocenters. The highest BCUT2D eigenvalue weighted by Gasteiger charge is 2.32. The van der Waals surface area contributed by atoms with Crippen molar-refractivity contribution >= 4 is 27.8 Å². The number of amides is 1. The van der Waals surface area contributed by atoms with Crippen LogP contribution in [0.25, 0.3) is 0 Å². The Morgan fingerprint density at radius 2 is 2.21 bits per heavy atom. The van der Waals surface area contributed by atoms with E-state index in [-0.39, 0.29) is 17.8 Å². The molecular weight excluding hydrogens is 317 g/mol. The fourth-order valence-corrected chi connectivity index (χ4v) is 2.66. The fourth-order valence-electron chi connectivity index (χ4n) is 2.14. The topological polar surface area (TPSA) is 46.6 Å². The third-order valence-electron chi connectivity index (χ3n) is 3.17. The van der Waals surface area contributed by atoms with E-state index in [1.807, 2.05) is 0 Å². The molecule has 0 N–H and O–H groups in total. The molecule has 6 heteroatoms. The Kier molecular flexibility index (Phi) is 4.19. The molecule has 0 aliphatic carbocycles. The molecule has 1 fully saturated rings. The van der Waals surface area contributed by atoms with Crippen LogP contribution in [0.1, 0.15) is 16.8 Å². The molecule has 0 bridgehead atoms. The fraction of sp³-hybridized carbons (Fsp3) is 0.385. The van der Waals surface area contributed by atoms with E-state index in [9.17, 15) is 14.0 Å². The van der Waals surface area contributed by atoms with Crippen LogP contribution in [-0.2, 0) is 9.53 Å². The molecule has 4 nitrogen and oxygen atoms in total. The third-order valence-corrected chi connectivity index (χ3v) is 3.83. The van der Waals surface area contributed by atoms with E-state index < -0.39 is 5.82 Å². The quantitative estimate of drug-likeness (QED) is 0.781. The van der Waals surface area contributed by atoms with Gasteiger partial charge in [-0.3, -0.25) is 9.59 Å². The van der Waals surface area contributed by atoms with Crippen molar-refractivity contribution in [3.05, 3.63) is 34.1 Å². The molecule has 19 heavy (non-hydrogen) atoms. The molecule has 2 rings (SSSR count). The maximum atomic E-state index is 13.0. The first-order valence-corrected chi connectivity index (χ1v) is 6.64. The number of halogens is 2. The van der Waals surface area contributed by atoms with Crippen molar-refractivity contribution in [2.24, 2.45) is 5.92 Å². The molecule has 0 spiro atoms. The predicted octanol–water partition coefficient (Wildman–Crippen LogP) is 2.22. The van der Waals surface area contributed by atoms with Crippen molar-refractivity contribution in [2.45, 2.75) is 6.42 Å². The van der Waals surface area contributed by atoms with Gasteiger partial charge in [0.05, 0.1) is 18.6 Å². The van der Waals surface area contributed by atoms with Crippen molar-refractivity contribution < 1.29 is 18.7 Å². The van der Waals surface area contributed by atoms with Crippen LogP contribution in [0.3, 0.4) is 0 Å². The van der Waals surface area contributed by atoms with Gasteiger partial charge in [0.2, 0.25) is 0 Å². The van der Waals surface area contributed by atoms with Crippen LogP contribution in [0, 0.1) is 11.7 Å². The Morgan fingerprint density at radius 3 is 2.84 bits per heavy atom. The number of hydrogen-bond acceptors (Lipinski definition) is 3. The number of nitrogens with zero attached hydrogens (tertiary/aromatic N) is 1. The van der Waals surface area contributed by atoms with E-state index in [4.69, 9.17) is 0 Å². The van der Waals surface area contributed by atoms with E-state index >= 15 is 0 Å². The van der Waals surface area contributed by atoms with Gasteiger partial charge in [0.25, 0.3) is 5.91 Å². The summed E-state index contributed by atoms with van der Waals surface area (Å²) in [4.78, 5) is 25.3. The third kappa shape index (κ3) is 2.94. The summed E-state index contributed by atoms with van der Waals surface area (Å²) in [6, 6.07) is 3.93. The van der Waals surface area contributed by atoms with Crippen molar-refractivity contribution in [3.8, 4) is 0 Å². The summed E-state index contributed by atoms with van der Waals surface area (Å²) < 4.78 is 18.1. The molecule has 0 saturated carbocycles. The normalized spacial score (nSPS) is 18.5. The minimum Gasteiger partial charge on any atom is -0.469 e. The van der Waals surface area contributed by atoms with Crippen LogP contribution in [0.4, 0.5) is 4.39 Å². The molecule has 1 aliphatic heterocycles. The zero-order valence-corrected chi connectivity index (χ0v) is 11.9. The van der Waals surface area contributed by atoms with Gasteiger partial charge < -0.3 is 9.64 Å². The van der Waals surface area contributed by atoms with Gasteiger partial charge in [-0.05, 0) is 40.5 Å². The standard InChI is InChI=1S/C13H13BrFNO3/c1-19-13(18)8-4-5-16(7-8)12(17)10-3-2-9(15)6-11(10)14/h2-3,6,8H,4-5,7H2,1H3. The summed E-state index contributed by atoms with van der Waals surface area (Å²) in [7, 11) is 1.34. The predicted molar refractivity (Wildman–Crippen MR) is 70.1 cm³/mol. The molecule has 0 aromatic heterocycles. The maximum Gasteiger partial charge on any atom is 0.310 e. The molecule has 1 aliphatic rings. The van der Waals surface area contributed by atoms with Crippen LogP contribution in [0.2, 0.25) is 0 Å². The van der Waals surface area contributed by atoms with E-state index in [1.165, 1.54) is 25.3 Å². The maximum absolute atomic E-state index is 13.0. The second-order valence-electron chi connectivity index (χ2n) is 4.38. The number of hydrogen-bond donors (Lipinski definition) is 0. The molecule has 1 saturated heterocycles. The molecule has 102 valence electrons. The van der Waals surface area contributed by atoms with E-state index in [0.717, 1.165) is 0 Å². The van der Waals surface area contributed by atoms with Crippen LogP contribution in [0.15, 0.2) is 22.7 Å². The highest BCUT2D eigenvalue weighted by molar-refractivity contribution is 9.10. The number of methoxy groups -OCH3 is 1. The lowest BCUT2D eigenvalue weighted by atomic mass is 10.1. The summed E-state index contributed by atoms with van der Waals surface area (Å²) in [6.45, 7) is 0.845. The van der Waals surface area contributed by atoms with Gasteiger partial charge in [0.1, 0.15) is 5.82 Å². The highest BCUT2D eigenvalue weighted by atomic mass is 79.9. The van der Waals surface area contributed by atoms with Crippen molar-refractivity contribution in [2.75, 3.05) is 20.2 Å². The van der Waals surface area contributed by atoms with Crippen LogP contribution in [-0.4, -0.2) is 37.0 Å². The van der Waals surface area contributed by atoms with E-state index in [2.05, 4.69) is 20.7 Å². The van der Waals surface area contributed by atoms with Gasteiger partial charge in [-0.1, -0.05) is 0 Å². The molecule has 0 radical (unpaired) electrons. The molecule has 1 amide bonds. The Bertz CT molecular complexity index is 521. The Hall–Kier alpha value is -1.43. The number of likely N-dealkylation sites (tertiary alicyclic amines) is 1. The lowest BCUT2D eigenvalue weighted by Gasteiger charge is -2.17. The van der Waals surface area contributed by atoms with Crippen molar-refractivity contribution in [1.82, 2.24) is 4.90 Å². The molecule has 1 aromatic carbocycles. The minimum atomic E-state index is -0.405. The first-order valence-electron chi connectivity index (χ1n) is 5.85. The smallest absolute Gasteiger partial charge is 0.310 e. The average molecular weight is 330 g/mol. The summed E-state index contributed by atoms with van der Waals surface area (Å²) in [5.41, 5.74) is 0.395. The lowest BCUT2D eigenvalue weighted by Crippen LogP contribution is -2.30. The van der Waals surface area contributed by atoms with Crippen LogP contribution in [0.5, 0.6) is 0 Å². The Morgan fingerprint density at radius 1 is 1.47 bits per heavy atom. The van der Waals surface area contributed by atoms with Crippen molar-refractivity contribution in [1.29, 1.82) is 0 Å². The van der Waals surface area contributed by atoms with Crippen LogP contribution < -0.4 is 0 Å². The number of esters is 1. The van der Waals surface area contributed by atoms with Gasteiger partial charge in [-0.15, -0.1) is 0 Å². The van der Waals surface area contributed by atoms with Gasteiger partial charge >= 0.3 is 5.97 Å². The molecular formula is C13H13BrFNO3. The SMILES string of the molecule is COC(=O)C1CCN(C(=O)c2ccc(F)cc2Br)C1. The second kappa shape index (κ2) is 5.69.